The largest absolute Gasteiger partial charge is 0.300 e. The van der Waals surface area contributed by atoms with Gasteiger partial charge in [0.25, 0.3) is 0 Å². The lowest BCUT2D eigenvalue weighted by atomic mass is 9.86. The molecule has 2 rings (SSSR count). The molecule has 0 atom stereocenters. The van der Waals surface area contributed by atoms with Crippen molar-refractivity contribution >= 4 is 17.1 Å². The lowest BCUT2D eigenvalue weighted by Crippen LogP contribution is -2.07. The first-order valence-electron chi connectivity index (χ1n) is 5.12. The molecule has 1 saturated carbocycles. The highest BCUT2D eigenvalue weighted by Gasteiger charge is 2.23. The Labute approximate surface area is 88.4 Å². The topological polar surface area (TPSA) is 30.0 Å². The van der Waals surface area contributed by atoms with Crippen molar-refractivity contribution in [1.29, 1.82) is 0 Å². The standard InChI is InChI=1S/C11H15NOS/c1-7(13)6-10-8(2)12-11(14-10)9-4-3-5-9/h9H,3-6H2,1-2H3. The molecule has 0 amide bonds. The minimum atomic E-state index is 0.233. The fourth-order valence-corrected chi connectivity index (χ4v) is 2.98. The molecule has 76 valence electrons. The molecule has 0 radical (unpaired) electrons. The maximum Gasteiger partial charge on any atom is 0.135 e. The third-order valence-corrected chi connectivity index (χ3v) is 4.09. The molecule has 1 heterocycles. The van der Waals surface area contributed by atoms with Crippen LogP contribution < -0.4 is 0 Å². The Balaban J connectivity index is 2.16. The Morgan fingerprint density at radius 2 is 2.29 bits per heavy atom. The fraction of sp³-hybridized carbons (Fsp3) is 0.636. The molecule has 0 unspecified atom stereocenters. The molecule has 0 spiro atoms. The second kappa shape index (κ2) is 3.81. The van der Waals surface area contributed by atoms with Crippen LogP contribution in [0.25, 0.3) is 0 Å². The van der Waals surface area contributed by atoms with Crippen LogP contribution in [0.3, 0.4) is 0 Å². The predicted octanol–water partition coefficient (Wildman–Crippen LogP) is 2.85. The quantitative estimate of drug-likeness (QED) is 0.766. The van der Waals surface area contributed by atoms with Crippen LogP contribution in [0.4, 0.5) is 0 Å². The summed E-state index contributed by atoms with van der Waals surface area (Å²) in [4.78, 5) is 16.7. The van der Waals surface area contributed by atoms with Crippen molar-refractivity contribution in [3.05, 3.63) is 15.6 Å². The van der Waals surface area contributed by atoms with Gasteiger partial charge in [-0.15, -0.1) is 11.3 Å². The molecule has 0 N–H and O–H groups in total. The Kier molecular flexibility index (Phi) is 2.68. The maximum absolute atomic E-state index is 11.0. The van der Waals surface area contributed by atoms with E-state index >= 15 is 0 Å². The van der Waals surface area contributed by atoms with Gasteiger partial charge < -0.3 is 0 Å². The van der Waals surface area contributed by atoms with E-state index in [1.165, 1.54) is 29.1 Å². The summed E-state index contributed by atoms with van der Waals surface area (Å²) < 4.78 is 0. The van der Waals surface area contributed by atoms with Crippen LogP contribution in [-0.4, -0.2) is 10.8 Å². The number of hydrogen-bond donors (Lipinski definition) is 0. The van der Waals surface area contributed by atoms with Gasteiger partial charge in [0, 0.05) is 17.2 Å². The highest BCUT2D eigenvalue weighted by Crippen LogP contribution is 2.39. The third kappa shape index (κ3) is 1.87. The van der Waals surface area contributed by atoms with Crippen molar-refractivity contribution in [3.8, 4) is 0 Å². The first kappa shape index (κ1) is 9.84. The number of hydrogen-bond acceptors (Lipinski definition) is 3. The predicted molar refractivity (Wildman–Crippen MR) is 57.8 cm³/mol. The van der Waals surface area contributed by atoms with E-state index in [2.05, 4.69) is 4.98 Å². The Morgan fingerprint density at radius 1 is 1.57 bits per heavy atom. The summed E-state index contributed by atoms with van der Waals surface area (Å²) in [5.74, 6) is 0.927. The average Bonchev–Trinajstić information content (AvgIpc) is 2.27. The summed E-state index contributed by atoms with van der Waals surface area (Å²) in [5, 5.41) is 1.25. The molecule has 1 aromatic rings. The smallest absolute Gasteiger partial charge is 0.135 e. The van der Waals surface area contributed by atoms with Crippen molar-refractivity contribution in [2.24, 2.45) is 0 Å². The number of aromatic nitrogens is 1. The van der Waals surface area contributed by atoms with E-state index in [0.717, 1.165) is 5.69 Å². The zero-order chi connectivity index (χ0) is 10.1. The van der Waals surface area contributed by atoms with Crippen LogP contribution in [0, 0.1) is 6.92 Å². The number of aryl methyl sites for hydroxylation is 1. The first-order chi connectivity index (χ1) is 6.66. The van der Waals surface area contributed by atoms with Crippen molar-refractivity contribution in [2.45, 2.75) is 45.4 Å². The van der Waals surface area contributed by atoms with Gasteiger partial charge in [-0.1, -0.05) is 6.42 Å². The van der Waals surface area contributed by atoms with Gasteiger partial charge in [0.1, 0.15) is 5.78 Å². The molecule has 1 aromatic heterocycles. The molecule has 0 bridgehead atoms. The normalized spacial score (nSPS) is 16.7. The number of thiazole rings is 1. The lowest BCUT2D eigenvalue weighted by molar-refractivity contribution is -0.116. The van der Waals surface area contributed by atoms with Gasteiger partial charge in [0.15, 0.2) is 0 Å². The minimum absolute atomic E-state index is 0.233. The number of carbonyl (C=O) groups excluding carboxylic acids is 1. The number of rotatable bonds is 3. The SMILES string of the molecule is CC(=O)Cc1sc(C2CCC2)nc1C. The first-order valence-corrected chi connectivity index (χ1v) is 5.94. The number of nitrogens with zero attached hydrogens (tertiary/aromatic N) is 1. The molecular weight excluding hydrogens is 194 g/mol. The molecule has 0 aliphatic heterocycles. The van der Waals surface area contributed by atoms with E-state index in [1.807, 2.05) is 6.92 Å². The second-order valence-corrected chi connectivity index (χ2v) is 5.18. The van der Waals surface area contributed by atoms with E-state index in [0.29, 0.717) is 12.3 Å². The molecule has 1 aliphatic carbocycles. The van der Waals surface area contributed by atoms with E-state index in [4.69, 9.17) is 0 Å². The molecule has 1 fully saturated rings. The molecule has 0 aromatic carbocycles. The average molecular weight is 209 g/mol. The van der Waals surface area contributed by atoms with Crippen LogP contribution in [0.1, 0.15) is 47.7 Å². The van der Waals surface area contributed by atoms with Gasteiger partial charge in [-0.25, -0.2) is 4.98 Å². The van der Waals surface area contributed by atoms with Crippen molar-refractivity contribution < 1.29 is 4.79 Å². The number of carbonyl (C=O) groups is 1. The number of Topliss-reactive ketones (excluding diaryl/α,β-unsaturated/α-hetero) is 1. The third-order valence-electron chi connectivity index (χ3n) is 2.77. The van der Waals surface area contributed by atoms with Crippen LogP contribution >= 0.6 is 11.3 Å². The summed E-state index contributed by atoms with van der Waals surface area (Å²) in [6.07, 6.45) is 4.47. The molecule has 2 nitrogen and oxygen atoms in total. The number of ketones is 1. The monoisotopic (exact) mass is 209 g/mol. The van der Waals surface area contributed by atoms with E-state index in [-0.39, 0.29) is 5.78 Å². The summed E-state index contributed by atoms with van der Waals surface area (Å²) in [6, 6.07) is 0. The van der Waals surface area contributed by atoms with Crippen molar-refractivity contribution in [2.75, 3.05) is 0 Å². The Hall–Kier alpha value is -0.700. The van der Waals surface area contributed by atoms with Gasteiger partial charge in [0.05, 0.1) is 10.7 Å². The molecular formula is C11H15NOS. The van der Waals surface area contributed by atoms with Gasteiger partial charge in [0.2, 0.25) is 0 Å². The van der Waals surface area contributed by atoms with Gasteiger partial charge in [-0.3, -0.25) is 4.79 Å². The molecule has 1 aliphatic rings. The van der Waals surface area contributed by atoms with E-state index in [1.54, 1.807) is 18.3 Å². The van der Waals surface area contributed by atoms with Crippen LogP contribution in [0.15, 0.2) is 0 Å². The van der Waals surface area contributed by atoms with Gasteiger partial charge in [-0.05, 0) is 26.7 Å². The highest BCUT2D eigenvalue weighted by molar-refractivity contribution is 7.12. The zero-order valence-corrected chi connectivity index (χ0v) is 9.49. The minimum Gasteiger partial charge on any atom is -0.300 e. The Morgan fingerprint density at radius 3 is 2.79 bits per heavy atom. The van der Waals surface area contributed by atoms with Crippen molar-refractivity contribution in [3.63, 3.8) is 0 Å². The van der Waals surface area contributed by atoms with E-state index in [9.17, 15) is 4.79 Å². The van der Waals surface area contributed by atoms with Crippen LogP contribution in [0.2, 0.25) is 0 Å². The Bertz CT molecular complexity index is 352. The van der Waals surface area contributed by atoms with Crippen LogP contribution in [0.5, 0.6) is 0 Å². The van der Waals surface area contributed by atoms with Gasteiger partial charge >= 0.3 is 0 Å². The highest BCUT2D eigenvalue weighted by atomic mass is 32.1. The maximum atomic E-state index is 11.0. The summed E-state index contributed by atoms with van der Waals surface area (Å²) in [5.41, 5.74) is 1.06. The fourth-order valence-electron chi connectivity index (χ4n) is 1.67. The molecule has 3 heteroatoms. The zero-order valence-electron chi connectivity index (χ0n) is 8.67. The molecule has 14 heavy (non-hydrogen) atoms. The molecule has 0 saturated heterocycles. The van der Waals surface area contributed by atoms with E-state index < -0.39 is 0 Å². The van der Waals surface area contributed by atoms with Crippen LogP contribution in [-0.2, 0) is 11.2 Å². The summed E-state index contributed by atoms with van der Waals surface area (Å²) >= 11 is 1.74. The van der Waals surface area contributed by atoms with Crippen molar-refractivity contribution in [1.82, 2.24) is 4.98 Å². The summed E-state index contributed by atoms with van der Waals surface area (Å²) in [6.45, 7) is 3.65. The van der Waals surface area contributed by atoms with Gasteiger partial charge in [-0.2, -0.15) is 0 Å². The lowest BCUT2D eigenvalue weighted by Gasteiger charge is -2.22. The second-order valence-electron chi connectivity index (χ2n) is 4.07. The summed E-state index contributed by atoms with van der Waals surface area (Å²) in [7, 11) is 0.